The van der Waals surface area contributed by atoms with E-state index in [4.69, 9.17) is 0 Å². The van der Waals surface area contributed by atoms with Crippen LogP contribution in [0.4, 0.5) is 10.1 Å². The first-order chi connectivity index (χ1) is 9.33. The van der Waals surface area contributed by atoms with Gasteiger partial charge in [0.05, 0.1) is 0 Å². The highest BCUT2D eigenvalue weighted by atomic mass is 19.1. The minimum atomic E-state index is -0.171. The smallest absolute Gasteiger partial charge is 0.128 e. The van der Waals surface area contributed by atoms with E-state index in [1.165, 1.54) is 16.8 Å². The van der Waals surface area contributed by atoms with Crippen molar-refractivity contribution in [2.45, 2.75) is 6.54 Å². The summed E-state index contributed by atoms with van der Waals surface area (Å²) < 4.78 is 13.5. The van der Waals surface area contributed by atoms with E-state index in [9.17, 15) is 4.39 Å². The van der Waals surface area contributed by atoms with Crippen LogP contribution in [0.25, 0.3) is 10.8 Å². The first kappa shape index (κ1) is 11.7. The van der Waals surface area contributed by atoms with Crippen LogP contribution in [0, 0.1) is 5.82 Å². The van der Waals surface area contributed by atoms with Crippen molar-refractivity contribution in [2.24, 2.45) is 0 Å². The Bertz CT molecular complexity index is 706. The number of anilines is 1. The summed E-state index contributed by atoms with van der Waals surface area (Å²) in [4.78, 5) is 0. The lowest BCUT2D eigenvalue weighted by Gasteiger charge is -2.08. The van der Waals surface area contributed by atoms with E-state index >= 15 is 0 Å². The molecular formula is C17H14FN. The van der Waals surface area contributed by atoms with Gasteiger partial charge in [0.1, 0.15) is 5.82 Å². The summed E-state index contributed by atoms with van der Waals surface area (Å²) in [6.45, 7) is 0.491. The van der Waals surface area contributed by atoms with E-state index in [0.717, 1.165) is 5.69 Å². The Morgan fingerprint density at radius 3 is 2.37 bits per heavy atom. The summed E-state index contributed by atoms with van der Waals surface area (Å²) in [5.74, 6) is -0.171. The highest BCUT2D eigenvalue weighted by Gasteiger charge is 2.00. The number of rotatable bonds is 3. The molecule has 2 heteroatoms. The standard InChI is InChI=1S/C17H14FN/c18-17-8-4-3-7-15(17)12-19-16-10-9-13-5-1-2-6-14(13)11-16/h1-11,19H,12H2. The summed E-state index contributed by atoms with van der Waals surface area (Å²) in [6.07, 6.45) is 0. The Kier molecular flexibility index (Phi) is 3.15. The first-order valence-corrected chi connectivity index (χ1v) is 6.29. The maximum absolute atomic E-state index is 13.5. The molecule has 3 aromatic carbocycles. The number of halogens is 1. The summed E-state index contributed by atoms with van der Waals surface area (Å²) in [5.41, 5.74) is 1.68. The van der Waals surface area contributed by atoms with Crippen LogP contribution in [-0.2, 0) is 6.54 Å². The fourth-order valence-electron chi connectivity index (χ4n) is 2.14. The van der Waals surface area contributed by atoms with E-state index < -0.39 is 0 Å². The fraction of sp³-hybridized carbons (Fsp3) is 0.0588. The molecule has 0 fully saturated rings. The van der Waals surface area contributed by atoms with Crippen molar-refractivity contribution in [1.29, 1.82) is 0 Å². The largest absolute Gasteiger partial charge is 0.381 e. The van der Waals surface area contributed by atoms with Gasteiger partial charge in [0, 0.05) is 17.8 Å². The van der Waals surface area contributed by atoms with Gasteiger partial charge in [-0.15, -0.1) is 0 Å². The van der Waals surface area contributed by atoms with E-state index in [0.29, 0.717) is 12.1 Å². The molecule has 0 bridgehead atoms. The van der Waals surface area contributed by atoms with Crippen LogP contribution in [0.15, 0.2) is 66.7 Å². The van der Waals surface area contributed by atoms with Gasteiger partial charge in [-0.2, -0.15) is 0 Å². The van der Waals surface area contributed by atoms with Gasteiger partial charge in [-0.05, 0) is 29.0 Å². The van der Waals surface area contributed by atoms with Gasteiger partial charge in [-0.3, -0.25) is 0 Å². The van der Waals surface area contributed by atoms with Gasteiger partial charge >= 0.3 is 0 Å². The quantitative estimate of drug-likeness (QED) is 0.717. The molecule has 0 aliphatic rings. The van der Waals surface area contributed by atoms with Gasteiger partial charge in [-0.1, -0.05) is 48.5 Å². The average Bonchev–Trinajstić information content (AvgIpc) is 2.46. The van der Waals surface area contributed by atoms with Gasteiger partial charge in [0.2, 0.25) is 0 Å². The molecule has 0 unspecified atom stereocenters. The SMILES string of the molecule is Fc1ccccc1CNc1ccc2ccccc2c1. The van der Waals surface area contributed by atoms with Crippen LogP contribution >= 0.6 is 0 Å². The molecule has 0 aliphatic carbocycles. The van der Waals surface area contributed by atoms with Crippen LogP contribution in [0.5, 0.6) is 0 Å². The van der Waals surface area contributed by atoms with Crippen molar-refractivity contribution in [3.63, 3.8) is 0 Å². The Morgan fingerprint density at radius 2 is 1.53 bits per heavy atom. The van der Waals surface area contributed by atoms with Crippen molar-refractivity contribution in [3.05, 3.63) is 78.1 Å². The molecule has 0 aliphatic heterocycles. The lowest BCUT2D eigenvalue weighted by molar-refractivity contribution is 0.613. The molecule has 0 radical (unpaired) electrons. The highest BCUT2D eigenvalue weighted by Crippen LogP contribution is 2.19. The van der Waals surface area contributed by atoms with Crippen LogP contribution in [0.1, 0.15) is 5.56 Å². The average molecular weight is 251 g/mol. The second-order valence-corrected chi connectivity index (χ2v) is 4.51. The van der Waals surface area contributed by atoms with Crippen LogP contribution in [0.2, 0.25) is 0 Å². The molecule has 0 atom stereocenters. The van der Waals surface area contributed by atoms with Crippen LogP contribution in [-0.4, -0.2) is 0 Å². The van der Waals surface area contributed by atoms with Crippen molar-refractivity contribution < 1.29 is 4.39 Å². The second-order valence-electron chi connectivity index (χ2n) is 4.51. The predicted molar refractivity (Wildman–Crippen MR) is 77.7 cm³/mol. The highest BCUT2D eigenvalue weighted by molar-refractivity contribution is 5.85. The number of hydrogen-bond acceptors (Lipinski definition) is 1. The summed E-state index contributed by atoms with van der Waals surface area (Å²) in [5, 5.41) is 5.64. The molecule has 3 rings (SSSR count). The summed E-state index contributed by atoms with van der Waals surface area (Å²) in [7, 11) is 0. The van der Waals surface area contributed by atoms with Crippen LogP contribution < -0.4 is 5.32 Å². The van der Waals surface area contributed by atoms with Gasteiger partial charge < -0.3 is 5.32 Å². The zero-order chi connectivity index (χ0) is 13.1. The van der Waals surface area contributed by atoms with Crippen LogP contribution in [0.3, 0.4) is 0 Å². The van der Waals surface area contributed by atoms with Crippen molar-refractivity contribution in [2.75, 3.05) is 5.32 Å². The van der Waals surface area contributed by atoms with Gasteiger partial charge in [0.15, 0.2) is 0 Å². The molecule has 0 amide bonds. The fourth-order valence-corrected chi connectivity index (χ4v) is 2.14. The zero-order valence-corrected chi connectivity index (χ0v) is 10.4. The minimum Gasteiger partial charge on any atom is -0.381 e. The Labute approximate surface area is 111 Å². The Morgan fingerprint density at radius 1 is 0.789 bits per heavy atom. The van der Waals surface area contributed by atoms with E-state index in [1.807, 2.05) is 24.3 Å². The lowest BCUT2D eigenvalue weighted by Crippen LogP contribution is -2.01. The number of benzene rings is 3. The number of nitrogens with one attached hydrogen (secondary N) is 1. The summed E-state index contributed by atoms with van der Waals surface area (Å²) in [6, 6.07) is 21.2. The molecule has 1 N–H and O–H groups in total. The zero-order valence-electron chi connectivity index (χ0n) is 10.4. The molecule has 1 nitrogen and oxygen atoms in total. The molecule has 0 aromatic heterocycles. The third-order valence-electron chi connectivity index (χ3n) is 3.19. The monoisotopic (exact) mass is 251 g/mol. The van der Waals surface area contributed by atoms with Crippen molar-refractivity contribution in [3.8, 4) is 0 Å². The molecule has 0 saturated heterocycles. The Balaban J connectivity index is 1.80. The third-order valence-corrected chi connectivity index (χ3v) is 3.19. The molecule has 94 valence electrons. The molecule has 0 heterocycles. The lowest BCUT2D eigenvalue weighted by atomic mass is 10.1. The van der Waals surface area contributed by atoms with E-state index in [-0.39, 0.29) is 5.82 Å². The molecule has 0 spiro atoms. The van der Waals surface area contributed by atoms with Gasteiger partial charge in [0.25, 0.3) is 0 Å². The molecule has 3 aromatic rings. The molecular weight excluding hydrogens is 237 g/mol. The Hall–Kier alpha value is -2.35. The maximum Gasteiger partial charge on any atom is 0.128 e. The van der Waals surface area contributed by atoms with Crippen molar-refractivity contribution >= 4 is 16.5 Å². The third kappa shape index (κ3) is 2.58. The van der Waals surface area contributed by atoms with E-state index in [2.05, 4.69) is 29.6 Å². The molecule has 0 saturated carbocycles. The normalized spacial score (nSPS) is 10.6. The topological polar surface area (TPSA) is 12.0 Å². The maximum atomic E-state index is 13.5. The first-order valence-electron chi connectivity index (χ1n) is 6.29. The van der Waals surface area contributed by atoms with Crippen molar-refractivity contribution in [1.82, 2.24) is 0 Å². The molecule has 19 heavy (non-hydrogen) atoms. The minimum absolute atomic E-state index is 0.171. The summed E-state index contributed by atoms with van der Waals surface area (Å²) >= 11 is 0. The number of fused-ring (bicyclic) bond motifs is 1. The predicted octanol–water partition coefficient (Wildman–Crippen LogP) is 4.59. The van der Waals surface area contributed by atoms with E-state index in [1.54, 1.807) is 12.1 Å². The van der Waals surface area contributed by atoms with Gasteiger partial charge in [-0.25, -0.2) is 4.39 Å². The second kappa shape index (κ2) is 5.11. The number of hydrogen-bond donors (Lipinski definition) is 1.